The number of hydrogen-bond donors (Lipinski definition) is 3. The number of nitrogens with one attached hydrogen (secondary N) is 3. The van der Waals surface area contributed by atoms with Crippen molar-refractivity contribution in [3.8, 4) is 0 Å². The van der Waals surface area contributed by atoms with Crippen LogP contribution in [-0.4, -0.2) is 17.0 Å². The average molecular weight is 343 g/mol. The molecule has 1 fully saturated rings. The molecule has 2 aromatic rings. The minimum Gasteiger partial charge on any atom is -0.354 e. The minimum atomic E-state index is 0.346. The van der Waals surface area contributed by atoms with Gasteiger partial charge in [-0.05, 0) is 80.0 Å². The number of rotatable bonds is 3. The summed E-state index contributed by atoms with van der Waals surface area (Å²) in [6, 6.07) is 9.83. The lowest BCUT2D eigenvalue weighted by molar-refractivity contribution is 0.372. The third kappa shape index (κ3) is 4.26. The van der Waals surface area contributed by atoms with Gasteiger partial charge in [0.15, 0.2) is 5.96 Å². The molecule has 0 spiro atoms. The number of nitrogens with zero attached hydrogens (tertiary/aromatic N) is 1. The normalized spacial score (nSPS) is 20.4. The first-order chi connectivity index (χ1) is 11.6. The van der Waals surface area contributed by atoms with Crippen molar-refractivity contribution in [3.05, 3.63) is 58.9 Å². The van der Waals surface area contributed by atoms with Crippen LogP contribution >= 0.6 is 11.6 Å². The first kappa shape index (κ1) is 16.8. The largest absolute Gasteiger partial charge is 0.354 e. The Morgan fingerprint density at radius 3 is 2.50 bits per heavy atom. The van der Waals surface area contributed by atoms with E-state index in [4.69, 9.17) is 17.0 Å². The Bertz CT molecular complexity index is 691. The maximum Gasteiger partial charge on any atom is 0.193 e. The van der Waals surface area contributed by atoms with Crippen molar-refractivity contribution in [2.45, 2.75) is 44.6 Å². The van der Waals surface area contributed by atoms with Gasteiger partial charge in [0.1, 0.15) is 0 Å². The number of pyridine rings is 1. The maximum absolute atomic E-state index is 8.10. The summed E-state index contributed by atoms with van der Waals surface area (Å²) in [5, 5.41) is 15.2. The molecule has 0 unspecified atom stereocenters. The molecule has 4 nitrogen and oxygen atoms in total. The Labute approximate surface area is 148 Å². The lowest BCUT2D eigenvalue weighted by Gasteiger charge is -2.30. The molecule has 1 aromatic carbocycles. The third-order valence-corrected chi connectivity index (χ3v) is 4.96. The molecule has 0 amide bonds. The number of guanidine groups is 1. The standard InChI is InChI=1S/C19H23ClN4/c1-13-10-11-22-12-18(13)14-2-6-16(7-3-14)23-19(21)24-17-8-4-15(20)5-9-17/h4-5,8-12,14,16H,2-3,6-7H2,1H3,(H3,21,23,24)/t14-,16+. The van der Waals surface area contributed by atoms with Gasteiger partial charge in [-0.2, -0.15) is 0 Å². The van der Waals surface area contributed by atoms with Crippen molar-refractivity contribution >= 4 is 23.2 Å². The van der Waals surface area contributed by atoms with Gasteiger partial charge in [0.25, 0.3) is 0 Å². The van der Waals surface area contributed by atoms with Crippen molar-refractivity contribution in [1.29, 1.82) is 5.41 Å². The quantitative estimate of drug-likeness (QED) is 0.559. The van der Waals surface area contributed by atoms with Crippen LogP contribution in [0, 0.1) is 12.3 Å². The molecule has 0 atom stereocenters. The molecule has 3 rings (SSSR count). The van der Waals surface area contributed by atoms with Crippen LogP contribution in [0.3, 0.4) is 0 Å². The highest BCUT2D eigenvalue weighted by Crippen LogP contribution is 2.34. The highest BCUT2D eigenvalue weighted by molar-refractivity contribution is 6.30. The number of benzene rings is 1. The highest BCUT2D eigenvalue weighted by Gasteiger charge is 2.23. The Morgan fingerprint density at radius 2 is 1.83 bits per heavy atom. The number of anilines is 1. The summed E-state index contributed by atoms with van der Waals surface area (Å²) in [4.78, 5) is 4.27. The summed E-state index contributed by atoms with van der Waals surface area (Å²) in [5.74, 6) is 0.938. The van der Waals surface area contributed by atoms with Crippen LogP contribution in [0.2, 0.25) is 5.02 Å². The van der Waals surface area contributed by atoms with E-state index in [2.05, 4.69) is 28.6 Å². The van der Waals surface area contributed by atoms with Crippen LogP contribution in [0.25, 0.3) is 0 Å². The predicted molar refractivity (Wildman–Crippen MR) is 99.9 cm³/mol. The van der Waals surface area contributed by atoms with Crippen LogP contribution in [0.1, 0.15) is 42.7 Å². The number of hydrogen-bond acceptors (Lipinski definition) is 2. The number of halogens is 1. The summed E-state index contributed by atoms with van der Waals surface area (Å²) in [5.41, 5.74) is 3.58. The Morgan fingerprint density at radius 1 is 1.12 bits per heavy atom. The van der Waals surface area contributed by atoms with E-state index in [1.54, 1.807) is 0 Å². The fourth-order valence-electron chi connectivity index (χ4n) is 3.37. The molecule has 126 valence electrons. The molecule has 1 saturated carbocycles. The zero-order valence-corrected chi connectivity index (χ0v) is 14.6. The Kier molecular flexibility index (Phi) is 5.36. The van der Waals surface area contributed by atoms with E-state index in [-0.39, 0.29) is 0 Å². The van der Waals surface area contributed by atoms with Gasteiger partial charge >= 0.3 is 0 Å². The van der Waals surface area contributed by atoms with Crippen LogP contribution in [-0.2, 0) is 0 Å². The summed E-state index contributed by atoms with van der Waals surface area (Å²) < 4.78 is 0. The predicted octanol–water partition coefficient (Wildman–Crippen LogP) is 4.71. The first-order valence-electron chi connectivity index (χ1n) is 8.40. The molecule has 0 radical (unpaired) electrons. The third-order valence-electron chi connectivity index (χ3n) is 4.71. The molecule has 24 heavy (non-hydrogen) atoms. The van der Waals surface area contributed by atoms with Crippen LogP contribution in [0.5, 0.6) is 0 Å². The monoisotopic (exact) mass is 342 g/mol. The van der Waals surface area contributed by atoms with E-state index in [0.29, 0.717) is 22.9 Å². The first-order valence-corrected chi connectivity index (χ1v) is 8.78. The molecule has 1 heterocycles. The molecule has 0 aliphatic heterocycles. The molecule has 3 N–H and O–H groups in total. The Balaban J connectivity index is 1.49. The molecule has 0 saturated heterocycles. The van der Waals surface area contributed by atoms with Crippen molar-refractivity contribution in [1.82, 2.24) is 10.3 Å². The van der Waals surface area contributed by atoms with Crippen LogP contribution < -0.4 is 10.6 Å². The van der Waals surface area contributed by atoms with E-state index >= 15 is 0 Å². The van der Waals surface area contributed by atoms with Crippen molar-refractivity contribution < 1.29 is 0 Å². The van der Waals surface area contributed by atoms with Gasteiger partial charge in [0.05, 0.1) is 0 Å². The van der Waals surface area contributed by atoms with Crippen molar-refractivity contribution in [3.63, 3.8) is 0 Å². The summed E-state index contributed by atoms with van der Waals surface area (Å²) in [7, 11) is 0. The fraction of sp³-hybridized carbons (Fsp3) is 0.368. The molecular weight excluding hydrogens is 320 g/mol. The van der Waals surface area contributed by atoms with Crippen LogP contribution in [0.4, 0.5) is 5.69 Å². The molecule has 1 aromatic heterocycles. The second kappa shape index (κ2) is 7.67. The van der Waals surface area contributed by atoms with Gasteiger partial charge in [0, 0.05) is 29.1 Å². The summed E-state index contributed by atoms with van der Waals surface area (Å²) in [6.45, 7) is 2.16. The van der Waals surface area contributed by atoms with Gasteiger partial charge in [-0.25, -0.2) is 0 Å². The second-order valence-corrected chi connectivity index (χ2v) is 6.87. The number of aryl methyl sites for hydroxylation is 1. The zero-order valence-electron chi connectivity index (χ0n) is 13.8. The molecule has 0 bridgehead atoms. The van der Waals surface area contributed by atoms with E-state index in [1.165, 1.54) is 11.1 Å². The van der Waals surface area contributed by atoms with Gasteiger partial charge in [-0.1, -0.05) is 11.6 Å². The lowest BCUT2D eigenvalue weighted by Crippen LogP contribution is -2.40. The summed E-state index contributed by atoms with van der Waals surface area (Å²) >= 11 is 5.88. The van der Waals surface area contributed by atoms with E-state index in [1.807, 2.05) is 36.7 Å². The topological polar surface area (TPSA) is 60.8 Å². The smallest absolute Gasteiger partial charge is 0.193 e. The van der Waals surface area contributed by atoms with Gasteiger partial charge in [0.2, 0.25) is 0 Å². The highest BCUT2D eigenvalue weighted by atomic mass is 35.5. The Hall–Kier alpha value is -2.07. The molecule has 1 aliphatic carbocycles. The van der Waals surface area contributed by atoms with Crippen molar-refractivity contribution in [2.75, 3.05) is 5.32 Å². The molecule has 5 heteroatoms. The SMILES string of the molecule is Cc1ccncc1[C@H]1CC[C@@H](NC(=N)Nc2ccc(Cl)cc2)CC1. The van der Waals surface area contributed by atoms with Gasteiger partial charge in [-0.15, -0.1) is 0 Å². The average Bonchev–Trinajstić information content (AvgIpc) is 2.58. The molecular formula is C19H23ClN4. The van der Waals surface area contributed by atoms with Gasteiger partial charge in [-0.3, -0.25) is 10.4 Å². The van der Waals surface area contributed by atoms with E-state index in [0.717, 1.165) is 31.4 Å². The number of aromatic nitrogens is 1. The van der Waals surface area contributed by atoms with Crippen LogP contribution in [0.15, 0.2) is 42.7 Å². The van der Waals surface area contributed by atoms with E-state index in [9.17, 15) is 0 Å². The minimum absolute atomic E-state index is 0.346. The molecule has 1 aliphatic rings. The lowest BCUT2D eigenvalue weighted by atomic mass is 9.81. The fourth-order valence-corrected chi connectivity index (χ4v) is 3.50. The van der Waals surface area contributed by atoms with E-state index < -0.39 is 0 Å². The summed E-state index contributed by atoms with van der Waals surface area (Å²) in [6.07, 6.45) is 8.29. The second-order valence-electron chi connectivity index (χ2n) is 6.43. The van der Waals surface area contributed by atoms with Gasteiger partial charge < -0.3 is 10.6 Å². The zero-order chi connectivity index (χ0) is 16.9. The maximum atomic E-state index is 8.10. The van der Waals surface area contributed by atoms with Crippen molar-refractivity contribution in [2.24, 2.45) is 0 Å².